The zero-order valence-corrected chi connectivity index (χ0v) is 11.5. The fourth-order valence-electron chi connectivity index (χ4n) is 2.53. The van der Waals surface area contributed by atoms with E-state index in [1.807, 2.05) is 35.8 Å². The van der Waals surface area contributed by atoms with E-state index in [2.05, 4.69) is 9.97 Å². The van der Waals surface area contributed by atoms with Crippen molar-refractivity contribution in [2.75, 3.05) is 12.5 Å². The number of anilines is 1. The van der Waals surface area contributed by atoms with Gasteiger partial charge in [0.25, 0.3) is 0 Å². The van der Waals surface area contributed by atoms with Crippen LogP contribution in [0.25, 0.3) is 11.2 Å². The standard InChI is InChI=1S/C15H14N4O2/c1-9-4-5-17-14-13(9)18-15(16)19(14)7-10-2-3-11-12(6-10)21-8-20-11/h2-6H,7-8H2,1H3,(H2,16,18). The van der Waals surface area contributed by atoms with Gasteiger partial charge in [-0.1, -0.05) is 6.07 Å². The van der Waals surface area contributed by atoms with E-state index in [9.17, 15) is 0 Å². The molecule has 2 N–H and O–H groups in total. The highest BCUT2D eigenvalue weighted by Gasteiger charge is 2.15. The van der Waals surface area contributed by atoms with E-state index >= 15 is 0 Å². The van der Waals surface area contributed by atoms with Gasteiger partial charge in [0.1, 0.15) is 5.52 Å². The molecule has 0 saturated heterocycles. The lowest BCUT2D eigenvalue weighted by Crippen LogP contribution is -2.05. The Kier molecular flexibility index (Phi) is 2.50. The van der Waals surface area contributed by atoms with Crippen LogP contribution in [0.4, 0.5) is 5.95 Å². The van der Waals surface area contributed by atoms with E-state index in [4.69, 9.17) is 15.2 Å². The van der Waals surface area contributed by atoms with Gasteiger partial charge < -0.3 is 15.2 Å². The molecule has 2 aromatic heterocycles. The van der Waals surface area contributed by atoms with Crippen LogP contribution >= 0.6 is 0 Å². The number of imidazole rings is 1. The molecule has 0 spiro atoms. The molecule has 0 bridgehead atoms. The van der Waals surface area contributed by atoms with Gasteiger partial charge in [0.15, 0.2) is 17.1 Å². The molecule has 0 saturated carbocycles. The Balaban J connectivity index is 1.77. The molecule has 1 aromatic carbocycles. The summed E-state index contributed by atoms with van der Waals surface area (Å²) in [6.45, 7) is 2.87. The maximum atomic E-state index is 6.04. The summed E-state index contributed by atoms with van der Waals surface area (Å²) in [6, 6.07) is 7.79. The van der Waals surface area contributed by atoms with Crippen molar-refractivity contribution in [3.05, 3.63) is 41.6 Å². The second-order valence-electron chi connectivity index (χ2n) is 5.04. The van der Waals surface area contributed by atoms with E-state index in [1.54, 1.807) is 6.20 Å². The number of fused-ring (bicyclic) bond motifs is 2. The van der Waals surface area contributed by atoms with Crippen molar-refractivity contribution in [2.24, 2.45) is 0 Å². The normalized spacial score (nSPS) is 13.0. The topological polar surface area (TPSA) is 75.2 Å². The summed E-state index contributed by atoms with van der Waals surface area (Å²) in [4.78, 5) is 8.80. The monoisotopic (exact) mass is 282 g/mol. The number of hydrogen-bond acceptors (Lipinski definition) is 5. The molecular formula is C15H14N4O2. The van der Waals surface area contributed by atoms with Gasteiger partial charge >= 0.3 is 0 Å². The summed E-state index contributed by atoms with van der Waals surface area (Å²) in [7, 11) is 0. The first kappa shape index (κ1) is 12.0. The van der Waals surface area contributed by atoms with Crippen LogP contribution in [-0.2, 0) is 6.54 Å². The smallest absolute Gasteiger partial charge is 0.231 e. The van der Waals surface area contributed by atoms with Crippen LogP contribution in [0.2, 0.25) is 0 Å². The quantitative estimate of drug-likeness (QED) is 0.779. The van der Waals surface area contributed by atoms with Gasteiger partial charge in [0.2, 0.25) is 12.7 Å². The Morgan fingerprint density at radius 3 is 3.00 bits per heavy atom. The Morgan fingerprint density at radius 2 is 2.10 bits per heavy atom. The summed E-state index contributed by atoms with van der Waals surface area (Å²) in [5.41, 5.74) is 9.81. The second-order valence-corrected chi connectivity index (χ2v) is 5.04. The first-order chi connectivity index (χ1) is 10.2. The number of benzene rings is 1. The summed E-state index contributed by atoms with van der Waals surface area (Å²) in [5.74, 6) is 2.00. The molecule has 1 aliphatic heterocycles. The largest absolute Gasteiger partial charge is 0.454 e. The van der Waals surface area contributed by atoms with Crippen molar-refractivity contribution in [1.29, 1.82) is 0 Å². The fourth-order valence-corrected chi connectivity index (χ4v) is 2.53. The number of pyridine rings is 1. The Morgan fingerprint density at radius 1 is 1.24 bits per heavy atom. The van der Waals surface area contributed by atoms with Gasteiger partial charge in [-0.25, -0.2) is 9.97 Å². The van der Waals surface area contributed by atoms with Crippen LogP contribution in [0.5, 0.6) is 11.5 Å². The Bertz CT molecular complexity index is 841. The van der Waals surface area contributed by atoms with Gasteiger partial charge in [-0.05, 0) is 36.2 Å². The Hall–Kier alpha value is -2.76. The third-order valence-corrected chi connectivity index (χ3v) is 3.64. The van der Waals surface area contributed by atoms with Crippen LogP contribution in [0.15, 0.2) is 30.5 Å². The molecular weight excluding hydrogens is 268 g/mol. The average molecular weight is 282 g/mol. The minimum absolute atomic E-state index is 0.273. The lowest BCUT2D eigenvalue weighted by molar-refractivity contribution is 0.174. The predicted molar refractivity (Wildman–Crippen MR) is 78.3 cm³/mol. The maximum absolute atomic E-state index is 6.04. The minimum Gasteiger partial charge on any atom is -0.454 e. The zero-order valence-electron chi connectivity index (χ0n) is 11.5. The summed E-state index contributed by atoms with van der Waals surface area (Å²) in [6.07, 6.45) is 1.77. The molecule has 6 heteroatoms. The van der Waals surface area contributed by atoms with Crippen molar-refractivity contribution >= 4 is 17.1 Å². The second kappa shape index (κ2) is 4.37. The lowest BCUT2D eigenvalue weighted by Gasteiger charge is -2.07. The number of nitrogens with two attached hydrogens (primary N) is 1. The first-order valence-corrected chi connectivity index (χ1v) is 6.68. The molecule has 6 nitrogen and oxygen atoms in total. The van der Waals surface area contributed by atoms with Crippen molar-refractivity contribution in [3.63, 3.8) is 0 Å². The Labute approximate surface area is 121 Å². The van der Waals surface area contributed by atoms with Gasteiger partial charge in [0, 0.05) is 6.20 Å². The highest BCUT2D eigenvalue weighted by atomic mass is 16.7. The van der Waals surface area contributed by atoms with Crippen LogP contribution < -0.4 is 15.2 Å². The zero-order chi connectivity index (χ0) is 14.4. The molecule has 0 unspecified atom stereocenters. The van der Waals surface area contributed by atoms with E-state index in [1.165, 1.54) is 0 Å². The molecule has 3 heterocycles. The van der Waals surface area contributed by atoms with Crippen LogP contribution in [0, 0.1) is 6.92 Å². The fraction of sp³-hybridized carbons (Fsp3) is 0.200. The van der Waals surface area contributed by atoms with Crippen molar-refractivity contribution in [1.82, 2.24) is 14.5 Å². The molecule has 21 heavy (non-hydrogen) atoms. The summed E-state index contributed by atoms with van der Waals surface area (Å²) < 4.78 is 12.6. The number of ether oxygens (including phenoxy) is 2. The van der Waals surface area contributed by atoms with E-state index in [0.717, 1.165) is 33.8 Å². The number of nitrogen functional groups attached to an aromatic ring is 1. The van der Waals surface area contributed by atoms with E-state index < -0.39 is 0 Å². The molecule has 0 amide bonds. The molecule has 0 fully saturated rings. The number of nitrogens with zero attached hydrogens (tertiary/aromatic N) is 3. The molecule has 0 radical (unpaired) electrons. The molecule has 0 atom stereocenters. The number of rotatable bonds is 2. The van der Waals surface area contributed by atoms with E-state index in [-0.39, 0.29) is 6.79 Å². The maximum Gasteiger partial charge on any atom is 0.231 e. The number of aryl methyl sites for hydroxylation is 1. The van der Waals surface area contributed by atoms with Crippen LogP contribution in [0.1, 0.15) is 11.1 Å². The lowest BCUT2D eigenvalue weighted by atomic mass is 10.2. The number of aromatic nitrogens is 3. The third kappa shape index (κ3) is 1.87. The molecule has 106 valence electrons. The average Bonchev–Trinajstić information content (AvgIpc) is 3.05. The molecule has 1 aliphatic rings. The summed E-state index contributed by atoms with van der Waals surface area (Å²) >= 11 is 0. The van der Waals surface area contributed by atoms with Crippen molar-refractivity contribution in [3.8, 4) is 11.5 Å². The molecule has 4 rings (SSSR count). The van der Waals surface area contributed by atoms with Crippen molar-refractivity contribution < 1.29 is 9.47 Å². The highest BCUT2D eigenvalue weighted by molar-refractivity contribution is 5.77. The first-order valence-electron chi connectivity index (χ1n) is 6.68. The van der Waals surface area contributed by atoms with E-state index in [0.29, 0.717) is 12.5 Å². The number of hydrogen-bond donors (Lipinski definition) is 1. The van der Waals surface area contributed by atoms with Crippen molar-refractivity contribution in [2.45, 2.75) is 13.5 Å². The van der Waals surface area contributed by atoms with Crippen LogP contribution in [0.3, 0.4) is 0 Å². The molecule has 3 aromatic rings. The molecule has 0 aliphatic carbocycles. The van der Waals surface area contributed by atoms with Gasteiger partial charge in [0.05, 0.1) is 6.54 Å². The summed E-state index contributed by atoms with van der Waals surface area (Å²) in [5, 5.41) is 0. The SMILES string of the molecule is Cc1ccnc2c1nc(N)n2Cc1ccc2c(c1)OCO2. The van der Waals surface area contributed by atoms with Gasteiger partial charge in [-0.15, -0.1) is 0 Å². The van der Waals surface area contributed by atoms with Gasteiger partial charge in [-0.3, -0.25) is 4.57 Å². The highest BCUT2D eigenvalue weighted by Crippen LogP contribution is 2.33. The van der Waals surface area contributed by atoms with Crippen LogP contribution in [-0.4, -0.2) is 21.3 Å². The predicted octanol–water partition coefficient (Wildman–Crippen LogP) is 2.10. The van der Waals surface area contributed by atoms with Gasteiger partial charge in [-0.2, -0.15) is 0 Å². The minimum atomic E-state index is 0.273. The third-order valence-electron chi connectivity index (χ3n) is 3.64.